The maximum atomic E-state index is 2.09. The van der Waals surface area contributed by atoms with Gasteiger partial charge in [0.15, 0.2) is 0 Å². The van der Waals surface area contributed by atoms with E-state index < -0.39 is 0 Å². The van der Waals surface area contributed by atoms with Gasteiger partial charge in [-0.05, 0) is 0 Å². The molecule has 0 aliphatic carbocycles. The van der Waals surface area contributed by atoms with Crippen molar-refractivity contribution in [1.29, 1.82) is 0 Å². The zero-order valence-corrected chi connectivity index (χ0v) is 6.87. The van der Waals surface area contributed by atoms with Crippen molar-refractivity contribution in [2.75, 3.05) is 0 Å². The molecule has 0 radical (unpaired) electrons. The van der Waals surface area contributed by atoms with Gasteiger partial charge in [-0.25, -0.2) is 0 Å². The Labute approximate surface area is 66.7 Å². The van der Waals surface area contributed by atoms with E-state index in [1.165, 1.54) is 8.21 Å². The van der Waals surface area contributed by atoms with Crippen LogP contribution in [0, 0.1) is 0 Å². The number of hydrogen-bond acceptors (Lipinski definition) is 0. The quantitative estimate of drug-likeness (QED) is 0.401. The van der Waals surface area contributed by atoms with Crippen LogP contribution in [-0.2, 0) is 36.2 Å². The van der Waals surface area contributed by atoms with Crippen molar-refractivity contribution in [2.24, 2.45) is 0 Å². The van der Waals surface area contributed by atoms with E-state index in [0.717, 1.165) is 0 Å². The van der Waals surface area contributed by atoms with Crippen LogP contribution in [0.1, 0.15) is 0 Å². The second-order valence-electron chi connectivity index (χ2n) is 0. The van der Waals surface area contributed by atoms with E-state index in [9.17, 15) is 0 Å². The third-order valence-electron chi connectivity index (χ3n) is 0. The van der Waals surface area contributed by atoms with Crippen LogP contribution in [0.25, 0.3) is 0 Å². The molecule has 0 aromatic carbocycles. The molecule has 4 heavy (non-hydrogen) atoms. The molecule has 4 heteroatoms. The molecule has 25 valence electrons. The van der Waals surface area contributed by atoms with Gasteiger partial charge in [-0.2, -0.15) is 0 Å². The molecule has 0 unspecified atom stereocenters. The number of rotatable bonds is 0. The second kappa shape index (κ2) is 19.0. The predicted octanol–water partition coefficient (Wildman–Crippen LogP) is -2.11. The van der Waals surface area contributed by atoms with Gasteiger partial charge in [0, 0.05) is 17.1 Å². The first kappa shape index (κ1) is 16.4. The van der Waals surface area contributed by atoms with Crippen LogP contribution in [0.15, 0.2) is 0 Å². The van der Waals surface area contributed by atoms with Crippen LogP contribution in [0.2, 0.25) is 0 Å². The summed E-state index contributed by atoms with van der Waals surface area (Å²) in [6.45, 7) is 0. The van der Waals surface area contributed by atoms with Gasteiger partial charge in [-0.3, -0.25) is 0 Å². The van der Waals surface area contributed by atoms with E-state index in [-0.39, 0.29) is 40.1 Å². The summed E-state index contributed by atoms with van der Waals surface area (Å²) in [4.78, 5) is 0. The van der Waals surface area contributed by atoms with Crippen LogP contribution in [-0.4, -0.2) is 31.3 Å². The summed E-state index contributed by atoms with van der Waals surface area (Å²) in [5, 5.41) is 0. The fraction of sp³-hybridized carbons (Fsp3) is 0. The normalized spacial score (nSPS) is 2.00. The average molecular weight is 209 g/mol. The summed E-state index contributed by atoms with van der Waals surface area (Å²) in [7, 11) is 1.32. The molecule has 0 amide bonds. The SMILES string of the molecule is [Fe].[MgH2].[SiH3][Mo]. The summed E-state index contributed by atoms with van der Waals surface area (Å²) >= 11 is 2.09. The van der Waals surface area contributed by atoms with E-state index in [1.54, 1.807) is 0 Å². The molecule has 0 aromatic rings. The molecular formula is H5FeMgMoSi. The van der Waals surface area contributed by atoms with E-state index in [1.807, 2.05) is 0 Å². The van der Waals surface area contributed by atoms with Crippen molar-refractivity contribution in [3.8, 4) is 0 Å². The van der Waals surface area contributed by atoms with Crippen LogP contribution < -0.4 is 0 Å². The van der Waals surface area contributed by atoms with E-state index in [2.05, 4.69) is 19.1 Å². The van der Waals surface area contributed by atoms with Gasteiger partial charge in [0.2, 0.25) is 0 Å². The van der Waals surface area contributed by atoms with Crippen LogP contribution in [0.4, 0.5) is 0 Å². The standard InChI is InChI=1S/Fe.Mg.Mo.H3Si.2H/h;;;1H3;;. The Bertz CT molecular complexity index is 8.00. The Balaban J connectivity index is -0.00000000500. The molecule has 0 N–H and O–H groups in total. The molecule has 0 aliphatic heterocycles. The van der Waals surface area contributed by atoms with Gasteiger partial charge in [-0.15, -0.1) is 0 Å². The summed E-state index contributed by atoms with van der Waals surface area (Å²) in [5.41, 5.74) is 0. The van der Waals surface area contributed by atoms with Gasteiger partial charge in [0.05, 0.1) is 0 Å². The molecule has 0 rings (SSSR count). The summed E-state index contributed by atoms with van der Waals surface area (Å²) < 4.78 is 0. The first-order chi connectivity index (χ1) is 1.00. The third kappa shape index (κ3) is 8.89. The molecule has 0 aliphatic rings. The Morgan fingerprint density at radius 2 is 1.25 bits per heavy atom. The second-order valence-corrected chi connectivity index (χ2v) is 0. The number of hydrogen-bond donors (Lipinski definition) is 0. The maximum absolute atomic E-state index is 2.09. The Morgan fingerprint density at radius 3 is 1.25 bits per heavy atom. The van der Waals surface area contributed by atoms with Gasteiger partial charge in [0.25, 0.3) is 0 Å². The summed E-state index contributed by atoms with van der Waals surface area (Å²) in [6, 6.07) is 0. The van der Waals surface area contributed by atoms with Gasteiger partial charge in [-0.1, -0.05) is 0 Å². The van der Waals surface area contributed by atoms with E-state index in [4.69, 9.17) is 0 Å². The zero-order chi connectivity index (χ0) is 2.00. The molecule has 0 aromatic heterocycles. The fourth-order valence-electron chi connectivity index (χ4n) is 0. The van der Waals surface area contributed by atoms with Gasteiger partial charge < -0.3 is 0 Å². The minimum atomic E-state index is 0. The molecule has 0 nitrogen and oxygen atoms in total. The molecule has 0 bridgehead atoms. The minimum absolute atomic E-state index is 0. The fourth-order valence-corrected chi connectivity index (χ4v) is 0. The van der Waals surface area contributed by atoms with E-state index in [0.29, 0.717) is 0 Å². The van der Waals surface area contributed by atoms with Crippen LogP contribution in [0.5, 0.6) is 0 Å². The Morgan fingerprint density at radius 1 is 1.25 bits per heavy atom. The van der Waals surface area contributed by atoms with Gasteiger partial charge >= 0.3 is 50.3 Å². The summed E-state index contributed by atoms with van der Waals surface area (Å²) in [5.74, 6) is 0. The van der Waals surface area contributed by atoms with Crippen molar-refractivity contribution in [3.05, 3.63) is 0 Å². The molecule has 0 fully saturated rings. The first-order valence-corrected chi connectivity index (χ1v) is 7.25. The van der Waals surface area contributed by atoms with Crippen molar-refractivity contribution in [2.45, 2.75) is 0 Å². The van der Waals surface area contributed by atoms with Crippen molar-refractivity contribution >= 4 is 31.3 Å². The molecule has 0 spiro atoms. The van der Waals surface area contributed by atoms with Gasteiger partial charge in [0.1, 0.15) is 0 Å². The third-order valence-corrected chi connectivity index (χ3v) is 0. The van der Waals surface area contributed by atoms with Crippen LogP contribution >= 0.6 is 0 Å². The average Bonchev–Trinajstić information content (AvgIpc) is 1.00. The van der Waals surface area contributed by atoms with Crippen molar-refractivity contribution in [1.82, 2.24) is 0 Å². The molecule has 0 heterocycles. The first-order valence-electron chi connectivity index (χ1n) is 0.408. The molecule has 0 saturated carbocycles. The molecule has 0 saturated heterocycles. The monoisotopic (exact) mass is 211 g/mol. The van der Waals surface area contributed by atoms with Crippen LogP contribution in [0.3, 0.4) is 0 Å². The topological polar surface area (TPSA) is 0 Å². The Kier molecular flexibility index (Phi) is 77.8. The van der Waals surface area contributed by atoms with Crippen molar-refractivity contribution < 1.29 is 36.2 Å². The van der Waals surface area contributed by atoms with Crippen molar-refractivity contribution in [3.63, 3.8) is 0 Å². The molecular weight excluding hydrogens is 204 g/mol. The molecule has 0 atom stereocenters. The predicted molar refractivity (Wildman–Crippen MR) is 18.5 cm³/mol. The summed E-state index contributed by atoms with van der Waals surface area (Å²) in [6.07, 6.45) is 0. The zero-order valence-electron chi connectivity index (χ0n) is 1.76. The van der Waals surface area contributed by atoms with E-state index >= 15 is 0 Å². The Hall–Kier alpha value is 2.19.